The molecule has 2 rings (SSSR count). The Hall–Kier alpha value is -2.35. The van der Waals surface area contributed by atoms with Crippen molar-refractivity contribution in [1.82, 2.24) is 20.7 Å². The molecule has 0 aliphatic rings. The zero-order valence-electron chi connectivity index (χ0n) is 14.3. The Labute approximate surface area is 140 Å². The first kappa shape index (κ1) is 18.0. The van der Waals surface area contributed by atoms with E-state index in [0.29, 0.717) is 5.88 Å². The van der Waals surface area contributed by atoms with Gasteiger partial charge in [-0.15, -0.1) is 5.10 Å². The molecule has 0 aromatic carbocycles. The van der Waals surface area contributed by atoms with Gasteiger partial charge < -0.3 is 19.7 Å². The van der Waals surface area contributed by atoms with Gasteiger partial charge in [0.1, 0.15) is 18.1 Å². The maximum Gasteiger partial charge on any atom is 0.269 e. The van der Waals surface area contributed by atoms with Crippen molar-refractivity contribution in [2.24, 2.45) is 0 Å². The Morgan fingerprint density at radius 3 is 3.04 bits per heavy atom. The molecule has 0 saturated heterocycles. The second-order valence-electron chi connectivity index (χ2n) is 5.73. The van der Waals surface area contributed by atoms with E-state index >= 15 is 0 Å². The molecule has 0 fully saturated rings. The number of aliphatic hydroxyl groups excluding tert-OH is 1. The van der Waals surface area contributed by atoms with E-state index < -0.39 is 0 Å². The molecule has 1 atom stereocenters. The number of H-pyrrole nitrogens is 1. The monoisotopic (exact) mass is 336 g/mol. The molecule has 0 aliphatic carbocycles. The quantitative estimate of drug-likeness (QED) is 0.643. The zero-order valence-corrected chi connectivity index (χ0v) is 14.3. The molecule has 0 unspecified atom stereocenters. The van der Waals surface area contributed by atoms with Gasteiger partial charge >= 0.3 is 0 Å². The largest absolute Gasteiger partial charge is 0.472 e. The third kappa shape index (κ3) is 4.58. The number of nitrogens with one attached hydrogen (secondary N) is 2. The number of aromatic amines is 1. The third-order valence-electron chi connectivity index (χ3n) is 3.65. The lowest BCUT2D eigenvalue weighted by Gasteiger charge is -2.08. The minimum atomic E-state index is -0.344. The van der Waals surface area contributed by atoms with Crippen LogP contribution < -0.4 is 10.1 Å². The molecule has 132 valence electrons. The van der Waals surface area contributed by atoms with E-state index in [4.69, 9.17) is 14.4 Å². The summed E-state index contributed by atoms with van der Waals surface area (Å²) in [7, 11) is 0. The van der Waals surface area contributed by atoms with Crippen molar-refractivity contribution in [2.75, 3.05) is 6.61 Å². The van der Waals surface area contributed by atoms with Gasteiger partial charge in [0.15, 0.2) is 0 Å². The first-order chi connectivity index (χ1) is 11.5. The molecule has 24 heavy (non-hydrogen) atoms. The highest BCUT2D eigenvalue weighted by atomic mass is 16.5. The minimum absolute atomic E-state index is 0.128. The minimum Gasteiger partial charge on any atom is -0.472 e. The van der Waals surface area contributed by atoms with Gasteiger partial charge in [-0.25, -0.2) is 0 Å². The number of carbonyl (C=O) groups is 1. The molecule has 0 radical (unpaired) electrons. The van der Waals surface area contributed by atoms with Crippen molar-refractivity contribution >= 4 is 5.91 Å². The molecule has 0 saturated carbocycles. The Bertz CT molecular complexity index is 665. The number of amides is 1. The normalized spacial score (nSPS) is 12.2. The standard InChI is InChI=1S/C16H24N4O4/c1-4-5-6-13-12(11(3)24-20-13)9-23-15-7-14(18-19-15)16(22)17-10(2)8-21/h7,10,21H,4-6,8-9H2,1-3H3,(H,17,22)(H,18,19)/t10-/m1/s1. The Morgan fingerprint density at radius 1 is 1.54 bits per heavy atom. The fourth-order valence-corrected chi connectivity index (χ4v) is 2.15. The summed E-state index contributed by atoms with van der Waals surface area (Å²) in [5.74, 6) is 0.703. The fourth-order valence-electron chi connectivity index (χ4n) is 2.15. The molecular formula is C16H24N4O4. The van der Waals surface area contributed by atoms with E-state index in [1.165, 1.54) is 6.07 Å². The number of aromatic nitrogens is 3. The third-order valence-corrected chi connectivity index (χ3v) is 3.65. The number of hydrogen-bond donors (Lipinski definition) is 3. The lowest BCUT2D eigenvalue weighted by Crippen LogP contribution is -2.35. The fraction of sp³-hybridized carbons (Fsp3) is 0.562. The summed E-state index contributed by atoms with van der Waals surface area (Å²) in [6, 6.07) is 1.19. The van der Waals surface area contributed by atoms with Crippen LogP contribution in [0.4, 0.5) is 0 Å². The van der Waals surface area contributed by atoms with Crippen LogP contribution in [0.2, 0.25) is 0 Å². The molecule has 3 N–H and O–H groups in total. The predicted molar refractivity (Wildman–Crippen MR) is 86.8 cm³/mol. The second-order valence-corrected chi connectivity index (χ2v) is 5.73. The highest BCUT2D eigenvalue weighted by Crippen LogP contribution is 2.18. The first-order valence-electron chi connectivity index (χ1n) is 8.09. The summed E-state index contributed by atoms with van der Waals surface area (Å²) in [6.45, 7) is 5.83. The molecular weight excluding hydrogens is 312 g/mol. The summed E-state index contributed by atoms with van der Waals surface area (Å²) in [5.41, 5.74) is 2.10. The van der Waals surface area contributed by atoms with E-state index in [1.807, 2.05) is 6.92 Å². The Kier molecular flexibility index (Phi) is 6.36. The Balaban J connectivity index is 1.96. The smallest absolute Gasteiger partial charge is 0.269 e. The van der Waals surface area contributed by atoms with E-state index in [9.17, 15) is 4.79 Å². The number of hydrogen-bond acceptors (Lipinski definition) is 6. The van der Waals surface area contributed by atoms with Crippen LogP contribution in [0.5, 0.6) is 5.88 Å². The molecule has 2 heterocycles. The van der Waals surface area contributed by atoms with Crippen LogP contribution in [-0.4, -0.2) is 39.0 Å². The molecule has 0 bridgehead atoms. The van der Waals surface area contributed by atoms with Gasteiger partial charge in [-0.1, -0.05) is 18.5 Å². The number of aliphatic hydroxyl groups is 1. The van der Waals surface area contributed by atoms with Gasteiger partial charge in [-0.05, 0) is 26.7 Å². The topological polar surface area (TPSA) is 113 Å². The number of rotatable bonds is 9. The van der Waals surface area contributed by atoms with Crippen molar-refractivity contribution in [1.29, 1.82) is 0 Å². The van der Waals surface area contributed by atoms with Crippen LogP contribution in [0.15, 0.2) is 10.6 Å². The lowest BCUT2D eigenvalue weighted by atomic mass is 10.1. The van der Waals surface area contributed by atoms with Crippen molar-refractivity contribution in [3.8, 4) is 5.88 Å². The van der Waals surface area contributed by atoms with Crippen LogP contribution in [0.25, 0.3) is 0 Å². The maximum absolute atomic E-state index is 11.9. The van der Waals surface area contributed by atoms with Crippen molar-refractivity contribution < 1.29 is 19.2 Å². The van der Waals surface area contributed by atoms with Gasteiger partial charge in [0.2, 0.25) is 5.88 Å². The summed E-state index contributed by atoms with van der Waals surface area (Å²) in [4.78, 5) is 11.9. The first-order valence-corrected chi connectivity index (χ1v) is 8.09. The lowest BCUT2D eigenvalue weighted by molar-refractivity contribution is 0.0917. The highest BCUT2D eigenvalue weighted by molar-refractivity contribution is 5.92. The van der Waals surface area contributed by atoms with Crippen molar-refractivity contribution in [2.45, 2.75) is 52.7 Å². The molecule has 2 aromatic heterocycles. The van der Waals surface area contributed by atoms with Crippen LogP contribution >= 0.6 is 0 Å². The maximum atomic E-state index is 11.9. The summed E-state index contributed by atoms with van der Waals surface area (Å²) in [6.07, 6.45) is 2.96. The number of carbonyl (C=O) groups excluding carboxylic acids is 1. The average Bonchev–Trinajstić information content (AvgIpc) is 3.18. The second kappa shape index (κ2) is 8.49. The van der Waals surface area contributed by atoms with Gasteiger partial charge in [0, 0.05) is 12.1 Å². The molecule has 1 amide bonds. The molecule has 2 aromatic rings. The number of aryl methyl sites for hydroxylation is 2. The summed E-state index contributed by atoms with van der Waals surface area (Å²) >= 11 is 0. The molecule has 0 spiro atoms. The van der Waals surface area contributed by atoms with E-state index in [1.54, 1.807) is 6.92 Å². The predicted octanol–water partition coefficient (Wildman–Crippen LogP) is 1.74. The molecule has 8 nitrogen and oxygen atoms in total. The van der Waals surface area contributed by atoms with Crippen LogP contribution in [0.1, 0.15) is 54.2 Å². The summed E-state index contributed by atoms with van der Waals surface area (Å²) < 4.78 is 10.9. The van der Waals surface area contributed by atoms with Crippen LogP contribution in [0.3, 0.4) is 0 Å². The van der Waals surface area contributed by atoms with E-state index in [0.717, 1.165) is 36.3 Å². The SMILES string of the molecule is CCCCc1noc(C)c1COc1cc(C(=O)N[C@H](C)CO)[nH]n1. The number of nitrogens with zero attached hydrogens (tertiary/aromatic N) is 2. The van der Waals surface area contributed by atoms with Crippen LogP contribution in [0, 0.1) is 6.92 Å². The average molecular weight is 336 g/mol. The van der Waals surface area contributed by atoms with Gasteiger partial charge in [-0.3, -0.25) is 9.89 Å². The Morgan fingerprint density at radius 2 is 2.33 bits per heavy atom. The van der Waals surface area contributed by atoms with Crippen molar-refractivity contribution in [3.63, 3.8) is 0 Å². The highest BCUT2D eigenvalue weighted by Gasteiger charge is 2.16. The molecule has 8 heteroatoms. The van der Waals surface area contributed by atoms with Crippen LogP contribution in [-0.2, 0) is 13.0 Å². The van der Waals surface area contributed by atoms with Gasteiger partial charge in [-0.2, -0.15) is 0 Å². The number of unbranched alkanes of at least 4 members (excludes halogenated alkanes) is 1. The van der Waals surface area contributed by atoms with Crippen molar-refractivity contribution in [3.05, 3.63) is 28.8 Å². The van der Waals surface area contributed by atoms with E-state index in [2.05, 4.69) is 27.6 Å². The van der Waals surface area contributed by atoms with Gasteiger partial charge in [0.05, 0.1) is 17.9 Å². The van der Waals surface area contributed by atoms with E-state index in [-0.39, 0.29) is 30.9 Å². The summed E-state index contributed by atoms with van der Waals surface area (Å²) in [5, 5.41) is 22.2. The number of ether oxygens (including phenoxy) is 1. The van der Waals surface area contributed by atoms with Gasteiger partial charge in [0.25, 0.3) is 5.91 Å². The molecule has 0 aliphatic heterocycles. The zero-order chi connectivity index (χ0) is 17.5.